The van der Waals surface area contributed by atoms with E-state index in [1.54, 1.807) is 7.05 Å². The van der Waals surface area contributed by atoms with Crippen LogP contribution in [0.4, 0.5) is 0 Å². The molecule has 0 unspecified atom stereocenters. The van der Waals surface area contributed by atoms with E-state index in [0.717, 1.165) is 11.3 Å². The van der Waals surface area contributed by atoms with E-state index in [2.05, 4.69) is 41.7 Å². The number of aryl methyl sites for hydroxylation is 1. The normalized spacial score (nSPS) is 11.4. The van der Waals surface area contributed by atoms with E-state index in [1.165, 1.54) is 5.56 Å². The van der Waals surface area contributed by atoms with Gasteiger partial charge in [-0.2, -0.15) is 5.10 Å². The molecule has 1 aromatic rings. The molecule has 0 aliphatic heterocycles. The minimum Gasteiger partial charge on any atom is -0.313 e. The zero-order valence-electron chi connectivity index (χ0n) is 7.76. The lowest BCUT2D eigenvalue weighted by Crippen LogP contribution is -2.02. The predicted octanol–water partition coefficient (Wildman–Crippen LogP) is 1.94. The lowest BCUT2D eigenvalue weighted by Gasteiger charge is -2.00. The molecule has 0 heterocycles. The van der Waals surface area contributed by atoms with Crippen LogP contribution >= 0.6 is 0 Å². The summed E-state index contributed by atoms with van der Waals surface area (Å²) in [6, 6.07) is 8.32. The number of hydrogen-bond donors (Lipinski definition) is 1. The Morgan fingerprint density at radius 2 is 1.83 bits per heavy atom. The molecule has 0 saturated carbocycles. The summed E-state index contributed by atoms with van der Waals surface area (Å²) in [6.07, 6.45) is 0. The lowest BCUT2D eigenvalue weighted by molar-refractivity contribution is 0.900. The summed E-state index contributed by atoms with van der Waals surface area (Å²) in [6.45, 7) is 4.06. The third kappa shape index (κ3) is 2.09. The van der Waals surface area contributed by atoms with E-state index in [-0.39, 0.29) is 0 Å². The maximum absolute atomic E-state index is 4.09. The van der Waals surface area contributed by atoms with Crippen molar-refractivity contribution in [2.45, 2.75) is 13.8 Å². The first-order valence-corrected chi connectivity index (χ1v) is 4.02. The van der Waals surface area contributed by atoms with E-state index >= 15 is 0 Å². The second-order valence-electron chi connectivity index (χ2n) is 2.79. The van der Waals surface area contributed by atoms with Crippen molar-refractivity contribution in [1.82, 2.24) is 5.43 Å². The van der Waals surface area contributed by atoms with Crippen LogP contribution in [0.2, 0.25) is 0 Å². The largest absolute Gasteiger partial charge is 0.313 e. The fraction of sp³-hybridized carbons (Fsp3) is 0.300. The Morgan fingerprint density at radius 1 is 1.25 bits per heavy atom. The van der Waals surface area contributed by atoms with Gasteiger partial charge in [0, 0.05) is 7.05 Å². The van der Waals surface area contributed by atoms with Gasteiger partial charge in [0.2, 0.25) is 0 Å². The number of benzene rings is 1. The molecule has 2 nitrogen and oxygen atoms in total. The molecule has 0 radical (unpaired) electrons. The van der Waals surface area contributed by atoms with Gasteiger partial charge >= 0.3 is 0 Å². The molecule has 2 heteroatoms. The highest BCUT2D eigenvalue weighted by molar-refractivity contribution is 5.98. The molecular formula is C10H14N2. The molecular weight excluding hydrogens is 148 g/mol. The molecule has 0 bridgehead atoms. The maximum atomic E-state index is 4.09. The molecule has 0 aliphatic rings. The third-order valence-corrected chi connectivity index (χ3v) is 1.75. The van der Waals surface area contributed by atoms with Crippen LogP contribution < -0.4 is 5.43 Å². The van der Waals surface area contributed by atoms with Crippen LogP contribution in [-0.2, 0) is 0 Å². The van der Waals surface area contributed by atoms with E-state index in [1.807, 2.05) is 6.92 Å². The standard InChI is InChI=1S/C10H14N2/c1-8-4-6-10(7-5-8)9(2)12-11-3/h4-7,11H,1-3H3/b12-9-. The summed E-state index contributed by atoms with van der Waals surface area (Å²) in [5.74, 6) is 0. The van der Waals surface area contributed by atoms with Gasteiger partial charge in [-0.3, -0.25) is 0 Å². The third-order valence-electron chi connectivity index (χ3n) is 1.75. The molecule has 1 N–H and O–H groups in total. The van der Waals surface area contributed by atoms with Crippen LogP contribution in [0, 0.1) is 6.92 Å². The summed E-state index contributed by atoms with van der Waals surface area (Å²) in [5.41, 5.74) is 6.22. The van der Waals surface area contributed by atoms with Crippen molar-refractivity contribution in [2.75, 3.05) is 7.05 Å². The summed E-state index contributed by atoms with van der Waals surface area (Å²) in [4.78, 5) is 0. The Bertz CT molecular complexity index is 272. The van der Waals surface area contributed by atoms with E-state index in [4.69, 9.17) is 0 Å². The zero-order chi connectivity index (χ0) is 8.97. The maximum Gasteiger partial charge on any atom is 0.0644 e. The van der Waals surface area contributed by atoms with Crippen molar-refractivity contribution in [2.24, 2.45) is 5.10 Å². The summed E-state index contributed by atoms with van der Waals surface area (Å²) >= 11 is 0. The molecule has 1 aromatic carbocycles. The quantitative estimate of drug-likeness (QED) is 0.521. The topological polar surface area (TPSA) is 24.4 Å². The average Bonchev–Trinajstić information content (AvgIpc) is 2.06. The monoisotopic (exact) mass is 162 g/mol. The predicted molar refractivity (Wildman–Crippen MR) is 52.4 cm³/mol. The van der Waals surface area contributed by atoms with Crippen LogP contribution in [0.3, 0.4) is 0 Å². The van der Waals surface area contributed by atoms with Crippen LogP contribution in [-0.4, -0.2) is 12.8 Å². The highest BCUT2D eigenvalue weighted by Crippen LogP contribution is 2.03. The fourth-order valence-electron chi connectivity index (χ4n) is 1.03. The van der Waals surface area contributed by atoms with Crippen LogP contribution in [0.1, 0.15) is 18.1 Å². The van der Waals surface area contributed by atoms with Gasteiger partial charge in [-0.05, 0) is 19.4 Å². The fourth-order valence-corrected chi connectivity index (χ4v) is 1.03. The Hall–Kier alpha value is -1.31. The molecule has 1 rings (SSSR count). The van der Waals surface area contributed by atoms with Crippen LogP contribution in [0.5, 0.6) is 0 Å². The van der Waals surface area contributed by atoms with Gasteiger partial charge in [0.25, 0.3) is 0 Å². The average molecular weight is 162 g/mol. The molecule has 0 spiro atoms. The molecule has 0 saturated heterocycles. The van der Waals surface area contributed by atoms with Crippen molar-refractivity contribution in [3.8, 4) is 0 Å². The Kier molecular flexibility index (Phi) is 2.86. The number of hydrazone groups is 1. The van der Waals surface area contributed by atoms with Gasteiger partial charge in [-0.1, -0.05) is 29.8 Å². The van der Waals surface area contributed by atoms with Gasteiger partial charge in [0.1, 0.15) is 0 Å². The van der Waals surface area contributed by atoms with Crippen molar-refractivity contribution in [1.29, 1.82) is 0 Å². The molecule has 0 fully saturated rings. The molecule has 12 heavy (non-hydrogen) atoms. The van der Waals surface area contributed by atoms with Crippen LogP contribution in [0.15, 0.2) is 29.4 Å². The van der Waals surface area contributed by atoms with E-state index in [0.29, 0.717) is 0 Å². The highest BCUT2D eigenvalue weighted by Gasteiger charge is 1.94. The Morgan fingerprint density at radius 3 is 2.33 bits per heavy atom. The van der Waals surface area contributed by atoms with E-state index in [9.17, 15) is 0 Å². The van der Waals surface area contributed by atoms with Gasteiger partial charge in [0.05, 0.1) is 5.71 Å². The van der Waals surface area contributed by atoms with Crippen molar-refractivity contribution >= 4 is 5.71 Å². The van der Waals surface area contributed by atoms with E-state index < -0.39 is 0 Å². The summed E-state index contributed by atoms with van der Waals surface area (Å²) < 4.78 is 0. The first-order valence-electron chi connectivity index (χ1n) is 4.02. The van der Waals surface area contributed by atoms with Gasteiger partial charge in [-0.15, -0.1) is 0 Å². The summed E-state index contributed by atoms with van der Waals surface area (Å²) in [5, 5.41) is 4.09. The molecule has 0 amide bonds. The number of hydrogen-bond acceptors (Lipinski definition) is 2. The van der Waals surface area contributed by atoms with Crippen molar-refractivity contribution in [3.63, 3.8) is 0 Å². The SMILES string of the molecule is CN/N=C(/C)c1ccc(C)cc1. The number of nitrogens with zero attached hydrogens (tertiary/aromatic N) is 1. The lowest BCUT2D eigenvalue weighted by atomic mass is 10.1. The minimum absolute atomic E-state index is 1.01. The second kappa shape index (κ2) is 3.90. The van der Waals surface area contributed by atoms with Crippen LogP contribution in [0.25, 0.3) is 0 Å². The Labute approximate surface area is 73.3 Å². The number of nitrogens with one attached hydrogen (secondary N) is 1. The zero-order valence-corrected chi connectivity index (χ0v) is 7.76. The second-order valence-corrected chi connectivity index (χ2v) is 2.79. The molecule has 0 aliphatic carbocycles. The number of rotatable bonds is 2. The molecule has 0 aromatic heterocycles. The van der Waals surface area contributed by atoms with Crippen molar-refractivity contribution in [3.05, 3.63) is 35.4 Å². The highest BCUT2D eigenvalue weighted by atomic mass is 15.3. The molecule has 0 atom stereocenters. The van der Waals surface area contributed by atoms with Gasteiger partial charge in [0.15, 0.2) is 0 Å². The van der Waals surface area contributed by atoms with Crippen molar-refractivity contribution < 1.29 is 0 Å². The first kappa shape index (κ1) is 8.78. The van der Waals surface area contributed by atoms with Gasteiger partial charge in [-0.25, -0.2) is 0 Å². The smallest absolute Gasteiger partial charge is 0.0644 e. The Balaban J connectivity index is 2.89. The summed E-state index contributed by atoms with van der Waals surface area (Å²) in [7, 11) is 1.80. The molecule has 64 valence electrons. The van der Waals surface area contributed by atoms with Gasteiger partial charge < -0.3 is 5.43 Å². The minimum atomic E-state index is 1.01. The first-order chi connectivity index (χ1) is 5.74.